The zero-order valence-electron chi connectivity index (χ0n) is 11.3. The third kappa shape index (κ3) is 2.52. The molecule has 1 amide bonds. The summed E-state index contributed by atoms with van der Waals surface area (Å²) in [6.45, 7) is 4.36. The second kappa shape index (κ2) is 5.33. The van der Waals surface area contributed by atoms with Gasteiger partial charge in [0.1, 0.15) is 5.41 Å². The number of amides is 1. The lowest BCUT2D eigenvalue weighted by atomic mass is 9.67. The lowest BCUT2D eigenvalue weighted by Gasteiger charge is -2.41. The molecule has 1 N–H and O–H groups in total. The number of carbonyl (C=O) groups excluding carboxylic acids is 1. The van der Waals surface area contributed by atoms with Gasteiger partial charge in [0.15, 0.2) is 0 Å². The first-order valence-corrected chi connectivity index (χ1v) is 7.42. The molecule has 1 aliphatic carbocycles. The Morgan fingerprint density at radius 3 is 2.53 bits per heavy atom. The van der Waals surface area contributed by atoms with Gasteiger partial charge in [-0.2, -0.15) is 0 Å². The summed E-state index contributed by atoms with van der Waals surface area (Å²) in [4.78, 5) is 26.8. The van der Waals surface area contributed by atoms with E-state index in [0.717, 1.165) is 11.3 Å². The lowest BCUT2D eigenvalue weighted by molar-refractivity contribution is -0.168. The molecule has 0 saturated heterocycles. The Morgan fingerprint density at radius 2 is 2.16 bits per heavy atom. The van der Waals surface area contributed by atoms with Gasteiger partial charge in [-0.1, -0.05) is 12.5 Å². The Kier molecular flexibility index (Phi) is 3.94. The smallest absolute Gasteiger partial charge is 0.319 e. The van der Waals surface area contributed by atoms with E-state index in [4.69, 9.17) is 0 Å². The van der Waals surface area contributed by atoms with E-state index in [9.17, 15) is 14.7 Å². The molecule has 1 aliphatic rings. The van der Waals surface area contributed by atoms with Crippen molar-refractivity contribution in [3.8, 4) is 0 Å². The van der Waals surface area contributed by atoms with E-state index in [2.05, 4.69) is 0 Å². The summed E-state index contributed by atoms with van der Waals surface area (Å²) in [5.74, 6) is -1.20. The second-order valence-electron chi connectivity index (χ2n) is 5.35. The molecule has 0 radical (unpaired) electrons. The average Bonchev–Trinajstić information content (AvgIpc) is 2.75. The lowest BCUT2D eigenvalue weighted by Crippen LogP contribution is -2.54. The van der Waals surface area contributed by atoms with Crippen LogP contribution in [-0.4, -0.2) is 27.9 Å². The maximum Gasteiger partial charge on any atom is 0.319 e. The van der Waals surface area contributed by atoms with Gasteiger partial charge in [0.05, 0.1) is 6.54 Å². The highest BCUT2D eigenvalue weighted by atomic mass is 32.1. The number of thiophene rings is 1. The van der Waals surface area contributed by atoms with Crippen LogP contribution in [0.2, 0.25) is 0 Å². The fraction of sp³-hybridized carbons (Fsp3) is 0.571. The molecule has 0 spiro atoms. The van der Waals surface area contributed by atoms with Crippen molar-refractivity contribution in [2.45, 2.75) is 45.7 Å². The van der Waals surface area contributed by atoms with Crippen LogP contribution in [0, 0.1) is 5.41 Å². The van der Waals surface area contributed by atoms with E-state index >= 15 is 0 Å². The molecule has 5 heteroatoms. The molecule has 1 aromatic heterocycles. The van der Waals surface area contributed by atoms with Gasteiger partial charge in [-0.25, -0.2) is 0 Å². The Labute approximate surface area is 117 Å². The van der Waals surface area contributed by atoms with Gasteiger partial charge < -0.3 is 10.0 Å². The van der Waals surface area contributed by atoms with Crippen LogP contribution < -0.4 is 0 Å². The number of carbonyl (C=O) groups is 2. The van der Waals surface area contributed by atoms with Crippen molar-refractivity contribution >= 4 is 23.2 Å². The van der Waals surface area contributed by atoms with Crippen molar-refractivity contribution in [1.82, 2.24) is 4.90 Å². The molecular weight excluding hydrogens is 262 g/mol. The monoisotopic (exact) mass is 281 g/mol. The van der Waals surface area contributed by atoms with E-state index in [-0.39, 0.29) is 11.9 Å². The number of hydrogen-bond donors (Lipinski definition) is 1. The summed E-state index contributed by atoms with van der Waals surface area (Å²) in [7, 11) is 0. The molecule has 1 aromatic rings. The van der Waals surface area contributed by atoms with Crippen LogP contribution in [0.5, 0.6) is 0 Å². The van der Waals surface area contributed by atoms with Crippen molar-refractivity contribution in [3.63, 3.8) is 0 Å². The Balaban J connectivity index is 2.19. The van der Waals surface area contributed by atoms with Gasteiger partial charge in [0.25, 0.3) is 0 Å². The summed E-state index contributed by atoms with van der Waals surface area (Å²) in [5.41, 5.74) is -1.17. The molecule has 4 nitrogen and oxygen atoms in total. The van der Waals surface area contributed by atoms with Crippen molar-refractivity contribution in [2.75, 3.05) is 0 Å². The number of hydrogen-bond acceptors (Lipinski definition) is 3. The number of nitrogens with zero attached hydrogens (tertiary/aromatic N) is 1. The molecular formula is C14H19NO3S. The van der Waals surface area contributed by atoms with Crippen LogP contribution in [-0.2, 0) is 16.1 Å². The number of aliphatic carboxylic acids is 1. The molecule has 1 heterocycles. The highest BCUT2D eigenvalue weighted by molar-refractivity contribution is 7.09. The molecule has 0 atom stereocenters. The van der Waals surface area contributed by atoms with Crippen LogP contribution in [0.1, 0.15) is 38.0 Å². The maximum atomic E-state index is 12.6. The SMILES string of the molecule is CC(C)N(Cc1cccs1)C(=O)C1(C(=O)O)CCC1. The third-order valence-corrected chi connectivity index (χ3v) is 4.68. The molecule has 0 aliphatic heterocycles. The van der Waals surface area contributed by atoms with Crippen LogP contribution in [0.4, 0.5) is 0 Å². The first-order chi connectivity index (χ1) is 8.97. The molecule has 104 valence electrons. The van der Waals surface area contributed by atoms with E-state index < -0.39 is 11.4 Å². The van der Waals surface area contributed by atoms with Gasteiger partial charge in [-0.15, -0.1) is 11.3 Å². The molecule has 19 heavy (non-hydrogen) atoms. The summed E-state index contributed by atoms with van der Waals surface area (Å²) in [6.07, 6.45) is 1.76. The second-order valence-corrected chi connectivity index (χ2v) is 6.38. The first-order valence-electron chi connectivity index (χ1n) is 6.54. The molecule has 1 fully saturated rings. The Hall–Kier alpha value is -1.36. The number of carboxylic acids is 1. The fourth-order valence-electron chi connectivity index (χ4n) is 2.38. The zero-order chi connectivity index (χ0) is 14.0. The number of rotatable bonds is 5. The summed E-state index contributed by atoms with van der Waals surface area (Å²) in [5, 5.41) is 11.3. The minimum atomic E-state index is -1.17. The van der Waals surface area contributed by atoms with E-state index in [0.29, 0.717) is 19.4 Å². The van der Waals surface area contributed by atoms with Crippen LogP contribution in [0.25, 0.3) is 0 Å². The minimum absolute atomic E-state index is 0.00595. The highest BCUT2D eigenvalue weighted by Gasteiger charge is 2.53. The van der Waals surface area contributed by atoms with Crippen molar-refractivity contribution in [1.29, 1.82) is 0 Å². The van der Waals surface area contributed by atoms with Gasteiger partial charge in [0, 0.05) is 10.9 Å². The predicted molar refractivity (Wildman–Crippen MR) is 73.9 cm³/mol. The topological polar surface area (TPSA) is 57.6 Å². The van der Waals surface area contributed by atoms with Gasteiger partial charge in [-0.3, -0.25) is 9.59 Å². The normalized spacial score (nSPS) is 17.0. The number of carboxylic acid groups (broad SMARTS) is 1. The fourth-order valence-corrected chi connectivity index (χ4v) is 3.09. The van der Waals surface area contributed by atoms with E-state index in [1.807, 2.05) is 31.4 Å². The average molecular weight is 281 g/mol. The summed E-state index contributed by atoms with van der Waals surface area (Å²) < 4.78 is 0. The van der Waals surface area contributed by atoms with Gasteiger partial charge >= 0.3 is 5.97 Å². The zero-order valence-corrected chi connectivity index (χ0v) is 12.1. The highest BCUT2D eigenvalue weighted by Crippen LogP contribution is 2.43. The largest absolute Gasteiger partial charge is 0.480 e. The molecule has 0 aromatic carbocycles. The van der Waals surface area contributed by atoms with E-state index in [1.54, 1.807) is 16.2 Å². The van der Waals surface area contributed by atoms with Gasteiger partial charge in [-0.05, 0) is 38.1 Å². The first kappa shape index (κ1) is 14.1. The molecule has 1 saturated carbocycles. The van der Waals surface area contributed by atoms with Crippen LogP contribution in [0.15, 0.2) is 17.5 Å². The Morgan fingerprint density at radius 1 is 1.47 bits per heavy atom. The van der Waals surface area contributed by atoms with Crippen LogP contribution >= 0.6 is 11.3 Å². The predicted octanol–water partition coefficient (Wildman–Crippen LogP) is 2.74. The summed E-state index contributed by atoms with van der Waals surface area (Å²) >= 11 is 1.59. The summed E-state index contributed by atoms with van der Waals surface area (Å²) in [6, 6.07) is 3.92. The Bertz CT molecular complexity index is 463. The van der Waals surface area contributed by atoms with Gasteiger partial charge in [0.2, 0.25) is 5.91 Å². The van der Waals surface area contributed by atoms with Crippen molar-refractivity contribution in [2.24, 2.45) is 5.41 Å². The molecule has 0 bridgehead atoms. The van der Waals surface area contributed by atoms with Crippen molar-refractivity contribution in [3.05, 3.63) is 22.4 Å². The molecule has 0 unspecified atom stereocenters. The molecule has 2 rings (SSSR count). The standard InChI is InChI=1S/C14H19NO3S/c1-10(2)15(9-11-5-3-8-19-11)12(16)14(13(17)18)6-4-7-14/h3,5,8,10H,4,6-7,9H2,1-2H3,(H,17,18). The van der Waals surface area contributed by atoms with Crippen molar-refractivity contribution < 1.29 is 14.7 Å². The maximum absolute atomic E-state index is 12.6. The van der Waals surface area contributed by atoms with Crippen LogP contribution in [0.3, 0.4) is 0 Å². The quantitative estimate of drug-likeness (QED) is 0.844. The third-order valence-electron chi connectivity index (χ3n) is 3.82. The minimum Gasteiger partial charge on any atom is -0.480 e. The van der Waals surface area contributed by atoms with E-state index in [1.165, 1.54) is 0 Å².